The molecule has 1 aromatic rings. The van der Waals surface area contributed by atoms with Crippen LogP contribution in [0.3, 0.4) is 0 Å². The van der Waals surface area contributed by atoms with Crippen LogP contribution in [0.25, 0.3) is 0 Å². The van der Waals surface area contributed by atoms with Gasteiger partial charge in [0.25, 0.3) is 0 Å². The van der Waals surface area contributed by atoms with Gasteiger partial charge < -0.3 is 9.84 Å². The molecule has 92 valence electrons. The smallest absolute Gasteiger partial charge is 0.348 e. The second-order valence-corrected chi connectivity index (χ2v) is 5.06. The Balaban J connectivity index is 2.29. The Hall–Kier alpha value is -1.51. The van der Waals surface area contributed by atoms with Crippen molar-refractivity contribution in [3.63, 3.8) is 0 Å². The number of ether oxygens (including phenoxy) is 1. The van der Waals surface area contributed by atoms with Gasteiger partial charge in [-0.1, -0.05) is 12.1 Å². The average molecular weight is 234 g/mol. The summed E-state index contributed by atoms with van der Waals surface area (Å²) in [6.45, 7) is 5.58. The van der Waals surface area contributed by atoms with Crippen molar-refractivity contribution in [3.8, 4) is 5.75 Å². The van der Waals surface area contributed by atoms with E-state index in [1.807, 2.05) is 32.0 Å². The molecule has 17 heavy (non-hydrogen) atoms. The lowest BCUT2D eigenvalue weighted by atomic mass is 10.00. The molecular weight excluding hydrogens is 216 g/mol. The molecule has 1 atom stereocenters. The Morgan fingerprint density at radius 3 is 2.59 bits per heavy atom. The maximum absolute atomic E-state index is 11.4. The van der Waals surface area contributed by atoms with E-state index in [9.17, 15) is 9.90 Å². The van der Waals surface area contributed by atoms with E-state index in [1.54, 1.807) is 6.92 Å². The summed E-state index contributed by atoms with van der Waals surface area (Å²) in [4.78, 5) is 11.4. The molecule has 0 saturated heterocycles. The van der Waals surface area contributed by atoms with E-state index in [4.69, 9.17) is 4.74 Å². The number of hydrogen-bond acceptors (Lipinski definition) is 2. The minimum atomic E-state index is -1.08. The highest BCUT2D eigenvalue weighted by Crippen LogP contribution is 2.43. The molecular formula is C14H18O3. The standard InChI is InChI=1S/C14H18O3/c1-9-4-5-10(2)12(8-9)17-14(3,13(15)16)11-6-7-11/h4-5,8,11H,6-7H2,1-3H3,(H,15,16). The number of aliphatic carboxylic acids is 1. The summed E-state index contributed by atoms with van der Waals surface area (Å²) in [5.41, 5.74) is 0.969. The zero-order valence-electron chi connectivity index (χ0n) is 10.5. The molecule has 1 aromatic carbocycles. The SMILES string of the molecule is Cc1ccc(C)c(OC(C)(C(=O)O)C2CC2)c1. The number of carboxylic acid groups (broad SMARTS) is 1. The number of aryl methyl sites for hydroxylation is 2. The van der Waals surface area contributed by atoms with Gasteiger partial charge in [0, 0.05) is 5.92 Å². The first-order chi connectivity index (χ1) is 7.93. The van der Waals surface area contributed by atoms with Crippen molar-refractivity contribution >= 4 is 5.97 Å². The van der Waals surface area contributed by atoms with Crippen molar-refractivity contribution in [1.82, 2.24) is 0 Å². The predicted octanol–water partition coefficient (Wildman–Crippen LogP) is 2.94. The summed E-state index contributed by atoms with van der Waals surface area (Å²) in [6.07, 6.45) is 1.88. The van der Waals surface area contributed by atoms with Gasteiger partial charge in [0.05, 0.1) is 0 Å². The van der Waals surface area contributed by atoms with E-state index in [1.165, 1.54) is 0 Å². The first-order valence-electron chi connectivity index (χ1n) is 5.93. The van der Waals surface area contributed by atoms with Crippen LogP contribution in [0.4, 0.5) is 0 Å². The van der Waals surface area contributed by atoms with Crippen molar-refractivity contribution in [1.29, 1.82) is 0 Å². The lowest BCUT2D eigenvalue weighted by Crippen LogP contribution is -2.43. The maximum Gasteiger partial charge on any atom is 0.348 e. The Kier molecular flexibility index (Phi) is 2.86. The van der Waals surface area contributed by atoms with Crippen molar-refractivity contribution in [2.24, 2.45) is 5.92 Å². The monoisotopic (exact) mass is 234 g/mol. The number of carboxylic acids is 1. The molecule has 3 heteroatoms. The number of rotatable bonds is 4. The highest BCUT2D eigenvalue weighted by molar-refractivity contribution is 5.78. The van der Waals surface area contributed by atoms with E-state index >= 15 is 0 Å². The molecule has 0 radical (unpaired) electrons. The second-order valence-electron chi connectivity index (χ2n) is 5.06. The molecule has 1 unspecified atom stereocenters. The van der Waals surface area contributed by atoms with E-state index in [2.05, 4.69) is 0 Å². The maximum atomic E-state index is 11.4. The van der Waals surface area contributed by atoms with E-state index in [0.717, 1.165) is 24.0 Å². The highest BCUT2D eigenvalue weighted by atomic mass is 16.5. The van der Waals surface area contributed by atoms with Crippen LogP contribution in [-0.4, -0.2) is 16.7 Å². The number of hydrogen-bond donors (Lipinski definition) is 1. The molecule has 0 aliphatic heterocycles. The van der Waals surface area contributed by atoms with Gasteiger partial charge in [-0.3, -0.25) is 0 Å². The molecule has 0 heterocycles. The van der Waals surface area contributed by atoms with Gasteiger partial charge in [-0.15, -0.1) is 0 Å². The quantitative estimate of drug-likeness (QED) is 0.871. The Bertz CT molecular complexity index is 449. The predicted molar refractivity (Wildman–Crippen MR) is 65.3 cm³/mol. The zero-order valence-corrected chi connectivity index (χ0v) is 10.5. The van der Waals surface area contributed by atoms with Crippen LogP contribution in [0.2, 0.25) is 0 Å². The molecule has 0 amide bonds. The van der Waals surface area contributed by atoms with E-state index < -0.39 is 11.6 Å². The molecule has 3 nitrogen and oxygen atoms in total. The van der Waals surface area contributed by atoms with E-state index in [0.29, 0.717) is 5.75 Å². The molecule has 2 rings (SSSR count). The van der Waals surface area contributed by atoms with Crippen LogP contribution in [0.5, 0.6) is 5.75 Å². The molecule has 1 aliphatic carbocycles. The van der Waals surface area contributed by atoms with Gasteiger partial charge in [0.2, 0.25) is 5.60 Å². The molecule has 1 saturated carbocycles. The fourth-order valence-electron chi connectivity index (χ4n) is 1.98. The van der Waals surface area contributed by atoms with Gasteiger partial charge in [-0.2, -0.15) is 0 Å². The van der Waals surface area contributed by atoms with Gasteiger partial charge in [-0.05, 0) is 50.8 Å². The average Bonchev–Trinajstić information content (AvgIpc) is 3.06. The van der Waals surface area contributed by atoms with Gasteiger partial charge >= 0.3 is 5.97 Å². The molecule has 1 fully saturated rings. The van der Waals surface area contributed by atoms with Crippen LogP contribution < -0.4 is 4.74 Å². The Morgan fingerprint density at radius 2 is 2.06 bits per heavy atom. The largest absolute Gasteiger partial charge is 0.478 e. The van der Waals surface area contributed by atoms with Gasteiger partial charge in [0.1, 0.15) is 5.75 Å². The van der Waals surface area contributed by atoms with Crippen molar-refractivity contribution in [2.45, 2.75) is 39.2 Å². The van der Waals surface area contributed by atoms with Gasteiger partial charge in [-0.25, -0.2) is 4.79 Å². The van der Waals surface area contributed by atoms with Crippen LogP contribution in [0, 0.1) is 19.8 Å². The summed E-state index contributed by atoms with van der Waals surface area (Å²) in [7, 11) is 0. The lowest BCUT2D eigenvalue weighted by molar-refractivity contribution is -0.155. The van der Waals surface area contributed by atoms with Crippen LogP contribution in [0.15, 0.2) is 18.2 Å². The molecule has 0 bridgehead atoms. The van der Waals surface area contributed by atoms with E-state index in [-0.39, 0.29) is 5.92 Å². The molecule has 1 N–H and O–H groups in total. The Morgan fingerprint density at radius 1 is 1.41 bits per heavy atom. The summed E-state index contributed by atoms with van der Waals surface area (Å²) >= 11 is 0. The lowest BCUT2D eigenvalue weighted by Gasteiger charge is -2.27. The summed E-state index contributed by atoms with van der Waals surface area (Å²) in [6, 6.07) is 5.86. The normalized spacial score (nSPS) is 18.5. The third kappa shape index (κ3) is 2.28. The van der Waals surface area contributed by atoms with Crippen LogP contribution >= 0.6 is 0 Å². The molecule has 0 aromatic heterocycles. The Labute approximate surface area is 101 Å². The fraction of sp³-hybridized carbons (Fsp3) is 0.500. The fourth-order valence-corrected chi connectivity index (χ4v) is 1.98. The third-order valence-electron chi connectivity index (χ3n) is 3.45. The van der Waals surface area contributed by atoms with Crippen molar-refractivity contribution in [2.75, 3.05) is 0 Å². The third-order valence-corrected chi connectivity index (χ3v) is 3.45. The summed E-state index contributed by atoms with van der Waals surface area (Å²) in [5.74, 6) is -0.0531. The number of benzene rings is 1. The first-order valence-corrected chi connectivity index (χ1v) is 5.93. The van der Waals surface area contributed by atoms with Crippen LogP contribution in [0.1, 0.15) is 30.9 Å². The number of carbonyl (C=O) groups is 1. The molecule has 0 spiro atoms. The zero-order chi connectivity index (χ0) is 12.6. The van der Waals surface area contributed by atoms with Crippen molar-refractivity contribution < 1.29 is 14.6 Å². The van der Waals surface area contributed by atoms with Crippen LogP contribution in [-0.2, 0) is 4.79 Å². The first kappa shape index (κ1) is 12.0. The minimum absolute atomic E-state index is 0.139. The minimum Gasteiger partial charge on any atom is -0.478 e. The second kappa shape index (κ2) is 4.06. The summed E-state index contributed by atoms with van der Waals surface area (Å²) in [5, 5.41) is 9.34. The summed E-state index contributed by atoms with van der Waals surface area (Å²) < 4.78 is 5.80. The molecule has 1 aliphatic rings. The van der Waals surface area contributed by atoms with Crippen molar-refractivity contribution in [3.05, 3.63) is 29.3 Å². The van der Waals surface area contributed by atoms with Gasteiger partial charge in [0.15, 0.2) is 0 Å². The topological polar surface area (TPSA) is 46.5 Å². The highest BCUT2D eigenvalue weighted by Gasteiger charge is 2.50.